The van der Waals surface area contributed by atoms with E-state index in [0.717, 1.165) is 29.4 Å². The van der Waals surface area contributed by atoms with Crippen molar-refractivity contribution in [3.05, 3.63) is 36.0 Å². The molecule has 4 nitrogen and oxygen atoms in total. The molecule has 0 saturated carbocycles. The Hall–Kier alpha value is -1.81. The van der Waals surface area contributed by atoms with Gasteiger partial charge in [-0.05, 0) is 38.4 Å². The van der Waals surface area contributed by atoms with E-state index in [-0.39, 0.29) is 5.91 Å². The van der Waals surface area contributed by atoms with E-state index < -0.39 is 0 Å². The van der Waals surface area contributed by atoms with Crippen molar-refractivity contribution in [1.29, 1.82) is 0 Å². The Morgan fingerprint density at radius 3 is 2.73 bits per heavy atom. The van der Waals surface area contributed by atoms with Crippen LogP contribution in [0.2, 0.25) is 0 Å². The van der Waals surface area contributed by atoms with Gasteiger partial charge in [0.15, 0.2) is 0 Å². The predicted octanol–water partition coefficient (Wildman–Crippen LogP) is 2.78. The Kier molecular flexibility index (Phi) is 4.48. The van der Waals surface area contributed by atoms with Gasteiger partial charge in [0.25, 0.3) is 5.91 Å². The van der Waals surface area contributed by atoms with E-state index in [2.05, 4.69) is 17.1 Å². The van der Waals surface area contributed by atoms with Crippen LogP contribution in [0.4, 0.5) is 0 Å². The second kappa shape index (κ2) is 6.53. The minimum absolute atomic E-state index is 0.0365. The van der Waals surface area contributed by atoms with Gasteiger partial charge in [-0.3, -0.25) is 9.69 Å². The number of likely N-dealkylation sites (tertiary alicyclic amines) is 1. The molecule has 1 saturated heterocycles. The molecule has 0 unspecified atom stereocenters. The van der Waals surface area contributed by atoms with Gasteiger partial charge in [-0.1, -0.05) is 25.1 Å². The maximum absolute atomic E-state index is 12.6. The number of nitrogens with zero attached hydrogens (tertiary/aromatic N) is 2. The van der Waals surface area contributed by atoms with E-state index in [0.29, 0.717) is 6.04 Å². The Balaban J connectivity index is 1.70. The molecule has 1 aromatic heterocycles. The van der Waals surface area contributed by atoms with Crippen molar-refractivity contribution in [3.63, 3.8) is 0 Å². The average Bonchev–Trinajstić information content (AvgIpc) is 3.17. The highest BCUT2D eigenvalue weighted by molar-refractivity contribution is 6.06. The molecule has 0 bridgehead atoms. The fraction of sp³-hybridized carbons (Fsp3) is 0.500. The van der Waals surface area contributed by atoms with Crippen molar-refractivity contribution in [2.24, 2.45) is 7.05 Å². The van der Waals surface area contributed by atoms with E-state index in [9.17, 15) is 4.79 Å². The lowest BCUT2D eigenvalue weighted by molar-refractivity contribution is 0.0938. The van der Waals surface area contributed by atoms with E-state index >= 15 is 0 Å². The fourth-order valence-electron chi connectivity index (χ4n) is 3.47. The molecule has 1 N–H and O–H groups in total. The smallest absolute Gasteiger partial charge is 0.253 e. The van der Waals surface area contributed by atoms with Gasteiger partial charge < -0.3 is 9.88 Å². The van der Waals surface area contributed by atoms with Crippen LogP contribution >= 0.6 is 0 Å². The lowest BCUT2D eigenvalue weighted by Gasteiger charge is -2.26. The third-order valence-electron chi connectivity index (χ3n) is 4.77. The largest absolute Gasteiger partial charge is 0.350 e. The number of amides is 1. The van der Waals surface area contributed by atoms with E-state index in [4.69, 9.17) is 0 Å². The number of nitrogens with one attached hydrogen (secondary N) is 1. The number of fused-ring (bicyclic) bond motifs is 1. The average molecular weight is 299 g/mol. The molecule has 0 radical (unpaired) electrons. The monoisotopic (exact) mass is 299 g/mol. The molecular weight excluding hydrogens is 274 g/mol. The number of para-hydroxylation sites is 1. The van der Waals surface area contributed by atoms with Gasteiger partial charge in [-0.2, -0.15) is 0 Å². The zero-order valence-electron chi connectivity index (χ0n) is 13.5. The molecule has 3 rings (SSSR count). The minimum atomic E-state index is 0.0365. The number of aromatic nitrogens is 1. The minimum Gasteiger partial charge on any atom is -0.350 e. The number of carbonyl (C=O) groups is 1. The van der Waals surface area contributed by atoms with Crippen LogP contribution in [0.5, 0.6) is 0 Å². The van der Waals surface area contributed by atoms with Gasteiger partial charge in [-0.15, -0.1) is 0 Å². The Morgan fingerprint density at radius 1 is 1.27 bits per heavy atom. The van der Waals surface area contributed by atoms with Crippen molar-refractivity contribution < 1.29 is 4.79 Å². The molecule has 1 amide bonds. The highest BCUT2D eigenvalue weighted by Gasteiger charge is 2.21. The molecule has 1 fully saturated rings. The van der Waals surface area contributed by atoms with Gasteiger partial charge in [-0.25, -0.2) is 0 Å². The van der Waals surface area contributed by atoms with Crippen LogP contribution in [-0.4, -0.2) is 41.1 Å². The topological polar surface area (TPSA) is 37.3 Å². The van der Waals surface area contributed by atoms with Crippen LogP contribution in [0.3, 0.4) is 0 Å². The number of rotatable bonds is 5. The van der Waals surface area contributed by atoms with E-state index in [1.54, 1.807) is 0 Å². The third kappa shape index (κ3) is 2.88. The summed E-state index contributed by atoms with van der Waals surface area (Å²) in [5.41, 5.74) is 1.87. The summed E-state index contributed by atoms with van der Waals surface area (Å²) in [6, 6.07) is 8.51. The van der Waals surface area contributed by atoms with Crippen molar-refractivity contribution in [1.82, 2.24) is 14.8 Å². The first-order valence-corrected chi connectivity index (χ1v) is 8.27. The summed E-state index contributed by atoms with van der Waals surface area (Å²) in [4.78, 5) is 15.1. The molecule has 2 heterocycles. The van der Waals surface area contributed by atoms with Crippen LogP contribution in [0.1, 0.15) is 36.5 Å². The molecular formula is C18H25N3O. The van der Waals surface area contributed by atoms with Crippen LogP contribution in [-0.2, 0) is 7.05 Å². The maximum Gasteiger partial charge on any atom is 0.253 e. The highest BCUT2D eigenvalue weighted by Crippen LogP contribution is 2.20. The van der Waals surface area contributed by atoms with Crippen LogP contribution in [0.25, 0.3) is 10.9 Å². The normalized spacial score (nSPS) is 17.0. The van der Waals surface area contributed by atoms with Gasteiger partial charge in [0, 0.05) is 36.7 Å². The second-order valence-electron chi connectivity index (χ2n) is 6.19. The number of hydrogen-bond acceptors (Lipinski definition) is 2. The third-order valence-corrected chi connectivity index (χ3v) is 4.77. The van der Waals surface area contributed by atoms with Crippen LogP contribution < -0.4 is 5.32 Å². The number of carbonyl (C=O) groups excluding carboxylic acids is 1. The summed E-state index contributed by atoms with van der Waals surface area (Å²) in [5.74, 6) is 0.0365. The lowest BCUT2D eigenvalue weighted by atomic mass is 10.1. The molecule has 22 heavy (non-hydrogen) atoms. The number of hydrogen-bond donors (Lipinski definition) is 1. The Morgan fingerprint density at radius 2 is 2.00 bits per heavy atom. The summed E-state index contributed by atoms with van der Waals surface area (Å²) in [6.45, 7) is 5.27. The molecule has 4 heteroatoms. The summed E-state index contributed by atoms with van der Waals surface area (Å²) >= 11 is 0. The fourth-order valence-corrected chi connectivity index (χ4v) is 3.47. The van der Waals surface area contributed by atoms with Gasteiger partial charge in [0.05, 0.1) is 5.56 Å². The molecule has 1 aliphatic rings. The first-order chi connectivity index (χ1) is 10.7. The quantitative estimate of drug-likeness (QED) is 0.922. The summed E-state index contributed by atoms with van der Waals surface area (Å²) < 4.78 is 2.02. The SMILES string of the molecule is CC[C@@H](CNC(=O)c1cn(C)c2ccccc12)N1CCCC1. The van der Waals surface area contributed by atoms with Crippen molar-refractivity contribution in [3.8, 4) is 0 Å². The molecule has 118 valence electrons. The number of benzene rings is 1. The van der Waals surface area contributed by atoms with Gasteiger partial charge in [0.2, 0.25) is 0 Å². The molecule has 0 spiro atoms. The van der Waals surface area contributed by atoms with Crippen molar-refractivity contribution >= 4 is 16.8 Å². The van der Waals surface area contributed by atoms with Crippen LogP contribution in [0, 0.1) is 0 Å². The Labute approximate surface area is 132 Å². The first kappa shape index (κ1) is 15.1. The lowest BCUT2D eigenvalue weighted by Crippen LogP contribution is -2.42. The van der Waals surface area contributed by atoms with Gasteiger partial charge >= 0.3 is 0 Å². The highest BCUT2D eigenvalue weighted by atomic mass is 16.1. The van der Waals surface area contributed by atoms with Crippen LogP contribution in [0.15, 0.2) is 30.5 Å². The van der Waals surface area contributed by atoms with Crippen molar-refractivity contribution in [2.45, 2.75) is 32.2 Å². The molecule has 0 aliphatic carbocycles. The molecule has 1 atom stereocenters. The molecule has 1 aromatic carbocycles. The van der Waals surface area contributed by atoms with Crippen molar-refractivity contribution in [2.75, 3.05) is 19.6 Å². The predicted molar refractivity (Wildman–Crippen MR) is 90.1 cm³/mol. The maximum atomic E-state index is 12.6. The first-order valence-electron chi connectivity index (χ1n) is 8.27. The molecule has 1 aliphatic heterocycles. The van der Waals surface area contributed by atoms with E-state index in [1.165, 1.54) is 25.9 Å². The zero-order valence-corrected chi connectivity index (χ0v) is 13.5. The second-order valence-corrected chi connectivity index (χ2v) is 6.19. The standard InChI is InChI=1S/C18H25N3O/c1-3-14(21-10-6-7-11-21)12-19-18(22)16-13-20(2)17-9-5-4-8-15(16)17/h4-5,8-9,13-14H,3,6-7,10-12H2,1-2H3,(H,19,22)/t14-/m0/s1. The van der Waals surface area contributed by atoms with E-state index in [1.807, 2.05) is 42.1 Å². The summed E-state index contributed by atoms with van der Waals surface area (Å²) in [5, 5.41) is 4.16. The number of aryl methyl sites for hydroxylation is 1. The zero-order chi connectivity index (χ0) is 15.5. The molecule has 2 aromatic rings. The Bertz CT molecular complexity index is 655. The summed E-state index contributed by atoms with van der Waals surface area (Å²) in [7, 11) is 1.98. The summed E-state index contributed by atoms with van der Waals surface area (Å²) in [6.07, 6.45) is 5.58. The van der Waals surface area contributed by atoms with Gasteiger partial charge in [0.1, 0.15) is 0 Å².